The van der Waals surface area contributed by atoms with Gasteiger partial charge >= 0.3 is 5.97 Å². The minimum atomic E-state index is -1.58. The predicted molar refractivity (Wildman–Crippen MR) is 366 cm³/mol. The summed E-state index contributed by atoms with van der Waals surface area (Å²) in [6, 6.07) is -0.826. The smallest absolute Gasteiger partial charge is 0.305 e. The van der Waals surface area contributed by atoms with Crippen LogP contribution in [0.5, 0.6) is 0 Å². The van der Waals surface area contributed by atoms with Gasteiger partial charge in [0.15, 0.2) is 6.29 Å². The van der Waals surface area contributed by atoms with Gasteiger partial charge in [0, 0.05) is 12.8 Å². The van der Waals surface area contributed by atoms with Crippen molar-refractivity contribution in [1.82, 2.24) is 5.32 Å². The fourth-order valence-electron chi connectivity index (χ4n) is 11.8. The lowest BCUT2D eigenvalue weighted by Gasteiger charge is -2.40. The molecule has 7 unspecified atom stereocenters. The summed E-state index contributed by atoms with van der Waals surface area (Å²) >= 11 is 0. The topological polar surface area (TPSA) is 175 Å². The summed E-state index contributed by atoms with van der Waals surface area (Å²) in [6.07, 6.45) is 75.5. The molecule has 0 saturated carbocycles. The summed E-state index contributed by atoms with van der Waals surface area (Å²) < 4.78 is 16.7. The number of amides is 1. The third-order valence-electron chi connectivity index (χ3n) is 17.7. The van der Waals surface area contributed by atoms with Crippen molar-refractivity contribution in [2.24, 2.45) is 0 Å². The monoisotopic (exact) mass is 1230 g/mol. The van der Waals surface area contributed by atoms with Gasteiger partial charge in [-0.05, 0) is 77.0 Å². The van der Waals surface area contributed by atoms with Crippen LogP contribution < -0.4 is 5.32 Å². The summed E-state index contributed by atoms with van der Waals surface area (Å²) in [5.74, 6) is -0.179. The summed E-state index contributed by atoms with van der Waals surface area (Å²) in [5.41, 5.74) is 0. The molecule has 11 heteroatoms. The first kappa shape index (κ1) is 82.6. The molecule has 1 aliphatic rings. The lowest BCUT2D eigenvalue weighted by molar-refractivity contribution is -0.302. The second-order valence-electron chi connectivity index (χ2n) is 26.0. The number of rotatable bonds is 66. The summed E-state index contributed by atoms with van der Waals surface area (Å²) in [4.78, 5) is 25.1. The minimum Gasteiger partial charge on any atom is -0.466 e. The van der Waals surface area contributed by atoms with Gasteiger partial charge in [-0.25, -0.2) is 0 Å². The number of hydrogen-bond acceptors (Lipinski definition) is 10. The Morgan fingerprint density at radius 1 is 0.425 bits per heavy atom. The SMILES string of the molecule is CCCCCCCCC/C=C/CC/C=C/C(O)C(COC1OC(CO)C(O)C(O)C1O)NC(=O)CCCCCCCCCCCCCCCCCCC/C=C\C/C=C\CCCCCCCCCCCCCOC(=O)CCCCCCCCCCCCC. The highest BCUT2D eigenvalue weighted by Crippen LogP contribution is 2.23. The number of ether oxygens (including phenoxy) is 3. The van der Waals surface area contributed by atoms with E-state index in [-0.39, 0.29) is 18.5 Å². The molecule has 7 atom stereocenters. The Hall–Kier alpha value is -2.38. The molecular formula is C76H141NO10. The lowest BCUT2D eigenvalue weighted by Crippen LogP contribution is -2.60. The average Bonchev–Trinajstić information content (AvgIpc) is 3.11. The van der Waals surface area contributed by atoms with Gasteiger partial charge in [0.25, 0.3) is 0 Å². The number of carbonyl (C=O) groups excluding carboxylic acids is 2. The first-order valence-electron chi connectivity index (χ1n) is 37.4. The Labute approximate surface area is 536 Å². The Balaban J connectivity index is 1.95. The molecule has 1 heterocycles. The van der Waals surface area contributed by atoms with E-state index in [2.05, 4.69) is 55.6 Å². The summed E-state index contributed by atoms with van der Waals surface area (Å²) in [6.45, 7) is 4.35. The van der Waals surface area contributed by atoms with E-state index in [1.807, 2.05) is 6.08 Å². The van der Waals surface area contributed by atoms with Crippen LogP contribution >= 0.6 is 0 Å². The van der Waals surface area contributed by atoms with Crippen LogP contribution in [0.2, 0.25) is 0 Å². The molecule has 1 amide bonds. The van der Waals surface area contributed by atoms with Crippen molar-refractivity contribution in [3.8, 4) is 0 Å². The zero-order valence-corrected chi connectivity index (χ0v) is 56.7. The Kier molecular flexibility index (Phi) is 61.9. The van der Waals surface area contributed by atoms with Crippen LogP contribution in [0, 0.1) is 0 Å². The molecule has 0 aliphatic carbocycles. The Morgan fingerprint density at radius 3 is 1.21 bits per heavy atom. The first-order chi connectivity index (χ1) is 42.7. The Bertz CT molecular complexity index is 1580. The van der Waals surface area contributed by atoms with Crippen LogP contribution in [0.3, 0.4) is 0 Å². The van der Waals surface area contributed by atoms with Gasteiger partial charge < -0.3 is 45.1 Å². The van der Waals surface area contributed by atoms with Gasteiger partial charge in [-0.2, -0.15) is 0 Å². The molecule has 0 radical (unpaired) electrons. The second-order valence-corrected chi connectivity index (χ2v) is 26.0. The second kappa shape index (κ2) is 65.1. The molecule has 11 nitrogen and oxygen atoms in total. The zero-order valence-electron chi connectivity index (χ0n) is 56.7. The molecule has 0 aromatic carbocycles. The maximum atomic E-state index is 13.1. The molecule has 0 bridgehead atoms. The van der Waals surface area contributed by atoms with E-state index < -0.39 is 49.5 Å². The molecule has 0 aromatic heterocycles. The van der Waals surface area contributed by atoms with Crippen molar-refractivity contribution >= 4 is 11.9 Å². The van der Waals surface area contributed by atoms with E-state index in [9.17, 15) is 35.1 Å². The van der Waals surface area contributed by atoms with Crippen molar-refractivity contribution in [2.45, 2.75) is 403 Å². The van der Waals surface area contributed by atoms with Gasteiger partial charge in [0.05, 0.1) is 32.0 Å². The number of unbranched alkanes of at least 4 members (excludes halogenated alkanes) is 46. The van der Waals surface area contributed by atoms with Crippen molar-refractivity contribution in [1.29, 1.82) is 0 Å². The quantitative estimate of drug-likeness (QED) is 0.0195. The van der Waals surface area contributed by atoms with E-state index in [0.29, 0.717) is 19.4 Å². The number of aliphatic hydroxyl groups excluding tert-OH is 5. The van der Waals surface area contributed by atoms with Crippen LogP contribution in [-0.2, 0) is 23.8 Å². The first-order valence-corrected chi connectivity index (χ1v) is 37.4. The van der Waals surface area contributed by atoms with Crippen molar-refractivity contribution < 1.29 is 49.3 Å². The standard InChI is InChI=1S/C76H141NO10/c1-3-5-7-9-11-13-15-39-43-46-50-54-58-62-69(79)68(67-86-76-75(84)74(83)73(82)70(66-78)87-76)77-71(80)63-59-55-51-47-44-40-37-35-33-31-29-27-25-23-21-19-17-16-18-20-22-24-26-28-30-32-34-36-38-41-45-49-53-57-61-65-85-72(81)64-60-56-52-48-42-14-12-10-8-6-4-2/h18,20,24,26,43,46,58,62,68-70,73-76,78-79,82-84H,3-17,19,21-23,25,27-42,44-45,47-57,59-61,63-67H2,1-2H3,(H,77,80)/b20-18-,26-24-,46-43+,62-58+. The normalized spacial score (nSPS) is 18.1. The van der Waals surface area contributed by atoms with E-state index in [1.165, 1.54) is 276 Å². The summed E-state index contributed by atoms with van der Waals surface area (Å²) in [5, 5.41) is 54.5. The predicted octanol–water partition coefficient (Wildman–Crippen LogP) is 19.5. The third kappa shape index (κ3) is 53.9. The van der Waals surface area contributed by atoms with Crippen molar-refractivity contribution in [3.63, 3.8) is 0 Å². The van der Waals surface area contributed by atoms with Gasteiger partial charge in [-0.15, -0.1) is 0 Å². The summed E-state index contributed by atoms with van der Waals surface area (Å²) in [7, 11) is 0. The van der Waals surface area contributed by atoms with Crippen molar-refractivity contribution in [3.05, 3.63) is 48.6 Å². The van der Waals surface area contributed by atoms with Gasteiger partial charge in [-0.3, -0.25) is 9.59 Å². The van der Waals surface area contributed by atoms with E-state index in [4.69, 9.17) is 14.2 Å². The highest BCUT2D eigenvalue weighted by Gasteiger charge is 2.44. The largest absolute Gasteiger partial charge is 0.466 e. The Morgan fingerprint density at radius 2 is 0.782 bits per heavy atom. The number of carbonyl (C=O) groups is 2. The maximum absolute atomic E-state index is 13.1. The molecule has 0 aromatic rings. The fraction of sp³-hybridized carbons (Fsp3) is 0.868. The van der Waals surface area contributed by atoms with Gasteiger partial charge in [-0.1, -0.05) is 319 Å². The minimum absolute atomic E-state index is 0.00976. The number of allylic oxidation sites excluding steroid dienone is 7. The number of esters is 1. The molecule has 6 N–H and O–H groups in total. The fourth-order valence-corrected chi connectivity index (χ4v) is 11.8. The van der Waals surface area contributed by atoms with Crippen LogP contribution in [-0.4, -0.2) is 100 Å². The van der Waals surface area contributed by atoms with Crippen LogP contribution in [0.15, 0.2) is 48.6 Å². The van der Waals surface area contributed by atoms with Gasteiger partial charge in [0.2, 0.25) is 5.91 Å². The molecule has 1 aliphatic heterocycles. The highest BCUT2D eigenvalue weighted by molar-refractivity contribution is 5.76. The van der Waals surface area contributed by atoms with Crippen LogP contribution in [0.4, 0.5) is 0 Å². The lowest BCUT2D eigenvalue weighted by atomic mass is 9.99. The van der Waals surface area contributed by atoms with E-state index >= 15 is 0 Å². The zero-order chi connectivity index (χ0) is 63.0. The molecule has 510 valence electrons. The highest BCUT2D eigenvalue weighted by atomic mass is 16.7. The number of nitrogens with one attached hydrogen (secondary N) is 1. The molecule has 1 saturated heterocycles. The van der Waals surface area contributed by atoms with Crippen molar-refractivity contribution in [2.75, 3.05) is 19.8 Å². The molecule has 1 fully saturated rings. The number of aliphatic hydroxyl groups is 5. The maximum Gasteiger partial charge on any atom is 0.305 e. The molecule has 0 spiro atoms. The number of hydrogen-bond donors (Lipinski definition) is 6. The third-order valence-corrected chi connectivity index (χ3v) is 17.7. The van der Waals surface area contributed by atoms with E-state index in [1.54, 1.807) is 6.08 Å². The average molecular weight is 1230 g/mol. The molecule has 1 rings (SSSR count). The molecular weight excluding hydrogens is 1090 g/mol. The van der Waals surface area contributed by atoms with Gasteiger partial charge in [0.1, 0.15) is 24.4 Å². The van der Waals surface area contributed by atoms with Crippen LogP contribution in [0.25, 0.3) is 0 Å². The van der Waals surface area contributed by atoms with Crippen LogP contribution in [0.1, 0.15) is 361 Å². The molecule has 87 heavy (non-hydrogen) atoms. The van der Waals surface area contributed by atoms with E-state index in [0.717, 1.165) is 57.8 Å².